The van der Waals surface area contributed by atoms with Gasteiger partial charge in [-0.15, -0.1) is 10.2 Å². The van der Waals surface area contributed by atoms with Crippen molar-refractivity contribution in [2.45, 2.75) is 24.3 Å². The molecule has 208 valence electrons. The highest BCUT2D eigenvalue weighted by atomic mass is 32.2. The van der Waals surface area contributed by atoms with Gasteiger partial charge in [0.25, 0.3) is 0 Å². The molecule has 4 heterocycles. The van der Waals surface area contributed by atoms with Gasteiger partial charge in [-0.3, -0.25) is 9.67 Å². The molecule has 1 aliphatic rings. The Morgan fingerprint density at radius 1 is 1.10 bits per heavy atom. The molecule has 11 nitrogen and oxygen atoms in total. The molecule has 1 saturated heterocycles. The lowest BCUT2D eigenvalue weighted by molar-refractivity contribution is -0.0500. The fourth-order valence-corrected chi connectivity index (χ4v) is 5.26. The molecule has 40 heavy (non-hydrogen) atoms. The summed E-state index contributed by atoms with van der Waals surface area (Å²) in [6.07, 6.45) is 7.12. The average molecular weight is 573 g/mol. The van der Waals surface area contributed by atoms with Gasteiger partial charge in [0.15, 0.2) is 5.75 Å². The first-order valence-corrected chi connectivity index (χ1v) is 13.5. The quantitative estimate of drug-likeness (QED) is 0.189. The van der Waals surface area contributed by atoms with Crippen LogP contribution in [0.4, 0.5) is 24.5 Å². The summed E-state index contributed by atoms with van der Waals surface area (Å²) in [5.74, 6) is 0.431. The van der Waals surface area contributed by atoms with E-state index < -0.39 is 21.4 Å². The number of alkyl halides is 3. The van der Waals surface area contributed by atoms with E-state index in [4.69, 9.17) is 6.57 Å². The highest BCUT2D eigenvalue weighted by Gasteiger charge is 2.48. The Labute approximate surface area is 227 Å². The SMILES string of the molecule is [C-]#[N+]c1c(-c2ccn(C)n2)ccc(-c2cncc(OS(=O)(=O)C(F)(F)F)c2)c1N1CCC(c2nncn2C)CC1. The number of piperidine rings is 1. The molecule has 0 saturated carbocycles. The summed E-state index contributed by atoms with van der Waals surface area (Å²) in [5.41, 5.74) is -2.78. The van der Waals surface area contributed by atoms with Crippen molar-refractivity contribution < 1.29 is 25.8 Å². The van der Waals surface area contributed by atoms with Crippen molar-refractivity contribution in [2.24, 2.45) is 14.1 Å². The summed E-state index contributed by atoms with van der Waals surface area (Å²) in [6.45, 7) is 9.19. The zero-order valence-electron chi connectivity index (χ0n) is 21.4. The molecule has 1 aliphatic heterocycles. The third kappa shape index (κ3) is 5.09. The molecule has 15 heteroatoms. The van der Waals surface area contributed by atoms with Crippen LogP contribution < -0.4 is 9.08 Å². The zero-order chi connectivity index (χ0) is 28.7. The fraction of sp³-hybridized carbons (Fsp3) is 0.320. The largest absolute Gasteiger partial charge is 0.534 e. The predicted octanol–water partition coefficient (Wildman–Crippen LogP) is 4.44. The molecule has 0 spiro atoms. The second-order valence-electron chi connectivity index (χ2n) is 9.30. The molecule has 1 aromatic carbocycles. The monoisotopic (exact) mass is 572 g/mol. The van der Waals surface area contributed by atoms with E-state index in [-0.39, 0.29) is 11.5 Å². The number of halogens is 3. The first-order valence-electron chi connectivity index (χ1n) is 12.1. The highest BCUT2D eigenvalue weighted by molar-refractivity contribution is 7.88. The lowest BCUT2D eigenvalue weighted by Crippen LogP contribution is -2.34. The van der Waals surface area contributed by atoms with Gasteiger partial charge in [0.2, 0.25) is 5.69 Å². The molecule has 0 aliphatic carbocycles. The van der Waals surface area contributed by atoms with Crippen molar-refractivity contribution in [1.29, 1.82) is 0 Å². The summed E-state index contributed by atoms with van der Waals surface area (Å²) in [4.78, 5) is 9.82. The van der Waals surface area contributed by atoms with E-state index in [9.17, 15) is 21.6 Å². The number of nitrogens with zero attached hydrogens (tertiary/aromatic N) is 8. The fourth-order valence-electron chi connectivity index (χ4n) is 4.82. The van der Waals surface area contributed by atoms with Crippen molar-refractivity contribution in [1.82, 2.24) is 29.5 Å². The van der Waals surface area contributed by atoms with Crippen molar-refractivity contribution in [3.8, 4) is 28.1 Å². The maximum absolute atomic E-state index is 12.9. The number of hydrogen-bond acceptors (Lipinski definition) is 8. The molecule has 5 rings (SSSR count). The van der Waals surface area contributed by atoms with Gasteiger partial charge in [-0.2, -0.15) is 26.7 Å². The lowest BCUT2D eigenvalue weighted by Gasteiger charge is -2.35. The summed E-state index contributed by atoms with van der Waals surface area (Å²) >= 11 is 0. The molecule has 4 aromatic rings. The highest BCUT2D eigenvalue weighted by Crippen LogP contribution is 2.47. The first kappa shape index (κ1) is 27.1. The van der Waals surface area contributed by atoms with Crippen molar-refractivity contribution >= 4 is 21.5 Å². The molecule has 0 amide bonds. The minimum Gasteiger partial charge on any atom is -0.380 e. The van der Waals surface area contributed by atoms with Gasteiger partial charge in [-0.1, -0.05) is 12.1 Å². The smallest absolute Gasteiger partial charge is 0.380 e. The third-order valence-corrected chi connectivity index (χ3v) is 7.67. The average Bonchev–Trinajstić information content (AvgIpc) is 3.55. The van der Waals surface area contributed by atoms with E-state index in [0.29, 0.717) is 41.3 Å². The van der Waals surface area contributed by atoms with Crippen LogP contribution in [0.2, 0.25) is 0 Å². The Morgan fingerprint density at radius 2 is 1.82 bits per heavy atom. The van der Waals surface area contributed by atoms with Crippen molar-refractivity contribution in [3.05, 3.63) is 66.4 Å². The zero-order valence-corrected chi connectivity index (χ0v) is 22.2. The van der Waals surface area contributed by atoms with Crippen LogP contribution in [0.25, 0.3) is 27.2 Å². The molecule has 3 aromatic heterocycles. The van der Waals surface area contributed by atoms with Gasteiger partial charge < -0.3 is 13.7 Å². The normalized spacial score (nSPS) is 14.8. The van der Waals surface area contributed by atoms with Gasteiger partial charge in [0.05, 0.1) is 24.2 Å². The molecular formula is C25H23F3N8O3S. The van der Waals surface area contributed by atoms with Gasteiger partial charge in [0.1, 0.15) is 12.2 Å². The summed E-state index contributed by atoms with van der Waals surface area (Å²) < 4.78 is 69.8. The predicted molar refractivity (Wildman–Crippen MR) is 139 cm³/mol. The molecule has 0 atom stereocenters. The Morgan fingerprint density at radius 3 is 2.42 bits per heavy atom. The summed E-state index contributed by atoms with van der Waals surface area (Å²) in [7, 11) is -2.24. The van der Waals surface area contributed by atoms with Crippen LogP contribution in [0, 0.1) is 6.57 Å². The Balaban J connectivity index is 1.58. The minimum atomic E-state index is -5.89. The Hall–Kier alpha value is -4.45. The van der Waals surface area contributed by atoms with Crippen molar-refractivity contribution in [2.75, 3.05) is 18.0 Å². The van der Waals surface area contributed by atoms with Crippen molar-refractivity contribution in [3.63, 3.8) is 0 Å². The minimum absolute atomic E-state index is 0.161. The van der Waals surface area contributed by atoms with Gasteiger partial charge in [0, 0.05) is 56.6 Å². The van der Waals surface area contributed by atoms with E-state index in [1.54, 1.807) is 42.5 Å². The maximum Gasteiger partial charge on any atom is 0.534 e. The lowest BCUT2D eigenvalue weighted by atomic mass is 9.92. The number of aryl methyl sites for hydroxylation is 2. The number of hydrogen-bond donors (Lipinski definition) is 0. The van der Waals surface area contributed by atoms with Crippen LogP contribution in [0.3, 0.4) is 0 Å². The standard InChI is InChI=1S/C25H23F3N8O3S/c1-29-22-20(21-8-9-35(3)33-21)5-4-19(17-12-18(14-30-13-17)39-40(37,38)25(26,27)28)23(22)36-10-6-16(7-11-36)24-32-31-15-34(24)2/h4-5,8-9,12-16H,6-7,10-11H2,2-3H3. The van der Waals surface area contributed by atoms with Gasteiger partial charge >= 0.3 is 15.6 Å². The van der Waals surface area contributed by atoms with E-state index in [2.05, 4.69) is 29.3 Å². The number of pyridine rings is 1. The van der Waals surface area contributed by atoms with Crippen LogP contribution >= 0.6 is 0 Å². The number of benzene rings is 1. The molecule has 1 fully saturated rings. The van der Waals surface area contributed by atoms with E-state index in [1.165, 1.54) is 6.20 Å². The molecule has 0 radical (unpaired) electrons. The van der Waals surface area contributed by atoms with Gasteiger partial charge in [-0.25, -0.2) is 4.85 Å². The number of rotatable bonds is 6. The molecule has 0 unspecified atom stereocenters. The van der Waals surface area contributed by atoms with Crippen LogP contribution in [0.5, 0.6) is 5.75 Å². The van der Waals surface area contributed by atoms with Gasteiger partial charge in [-0.05, 0) is 30.5 Å². The van der Waals surface area contributed by atoms with Crippen LogP contribution in [-0.2, 0) is 24.2 Å². The Bertz CT molecular complexity index is 1700. The first-order chi connectivity index (χ1) is 19.0. The number of anilines is 1. The molecule has 0 bridgehead atoms. The van der Waals surface area contributed by atoms with E-state index in [0.717, 1.165) is 30.9 Å². The maximum atomic E-state index is 12.9. The van der Waals surface area contributed by atoms with E-state index in [1.807, 2.05) is 16.5 Å². The number of aromatic nitrogens is 6. The topological polar surface area (TPSA) is 112 Å². The van der Waals surface area contributed by atoms with E-state index >= 15 is 0 Å². The van der Waals surface area contributed by atoms with Crippen LogP contribution in [0.1, 0.15) is 24.6 Å². The second-order valence-corrected chi connectivity index (χ2v) is 10.8. The molecular weight excluding hydrogens is 549 g/mol. The third-order valence-electron chi connectivity index (χ3n) is 6.69. The second kappa shape index (κ2) is 10.3. The summed E-state index contributed by atoms with van der Waals surface area (Å²) in [6, 6.07) is 6.38. The molecule has 0 N–H and O–H groups in total. The van der Waals surface area contributed by atoms with Crippen LogP contribution in [-0.4, -0.2) is 56.5 Å². The summed E-state index contributed by atoms with van der Waals surface area (Å²) in [5, 5.41) is 12.6. The van der Waals surface area contributed by atoms with Crippen LogP contribution in [0.15, 0.2) is 49.2 Å². The Kier molecular flexibility index (Phi) is 6.96.